The average Bonchev–Trinajstić information content (AvgIpc) is 3.68. The Labute approximate surface area is 204 Å². The number of rotatable bonds is 4. The van der Waals surface area contributed by atoms with Crippen molar-refractivity contribution in [3.8, 4) is 11.3 Å². The van der Waals surface area contributed by atoms with E-state index in [1.54, 1.807) is 9.42 Å². The van der Waals surface area contributed by atoms with Gasteiger partial charge in [0, 0.05) is 24.7 Å². The van der Waals surface area contributed by atoms with Gasteiger partial charge in [0.25, 0.3) is 5.91 Å². The van der Waals surface area contributed by atoms with Crippen molar-refractivity contribution in [2.45, 2.75) is 56.9 Å². The van der Waals surface area contributed by atoms with Gasteiger partial charge in [-0.15, -0.1) is 0 Å². The van der Waals surface area contributed by atoms with E-state index in [4.69, 9.17) is 11.6 Å². The lowest BCUT2D eigenvalue weighted by Crippen LogP contribution is -2.55. The monoisotopic (exact) mass is 476 g/mol. The van der Waals surface area contributed by atoms with Gasteiger partial charge in [-0.2, -0.15) is 5.10 Å². The van der Waals surface area contributed by atoms with Gasteiger partial charge in [0.1, 0.15) is 6.54 Å². The standard InChI is InChI=1S/C27H29ClN4O2/c28-25-23-16-20(18-11-12-18)15-22(19-7-3-1-4-8-19)32(23)29-26(25)27(34)30-13-14-31(24(33)17-30)21-9-5-2-6-10-21/h1,3-4,7-8,15-16,18,21H,2,5-6,9-14,17H2. The van der Waals surface area contributed by atoms with Crippen molar-refractivity contribution in [1.29, 1.82) is 0 Å². The van der Waals surface area contributed by atoms with Gasteiger partial charge in [0.2, 0.25) is 5.91 Å². The second kappa shape index (κ2) is 8.73. The summed E-state index contributed by atoms with van der Waals surface area (Å²) >= 11 is 6.79. The predicted octanol–water partition coefficient (Wildman–Crippen LogP) is 5.15. The highest BCUT2D eigenvalue weighted by atomic mass is 35.5. The van der Waals surface area contributed by atoms with Crippen LogP contribution in [0.25, 0.3) is 16.8 Å². The molecule has 34 heavy (non-hydrogen) atoms. The molecule has 2 aliphatic carbocycles. The molecule has 3 heterocycles. The van der Waals surface area contributed by atoms with E-state index in [-0.39, 0.29) is 24.1 Å². The molecule has 3 fully saturated rings. The second-order valence-corrected chi connectivity index (χ2v) is 10.3. The quantitative estimate of drug-likeness (QED) is 0.523. The van der Waals surface area contributed by atoms with Crippen LogP contribution in [-0.2, 0) is 4.79 Å². The normalized spacial score (nSPS) is 19.7. The molecule has 176 valence electrons. The van der Waals surface area contributed by atoms with Gasteiger partial charge in [-0.3, -0.25) is 9.59 Å². The Balaban J connectivity index is 1.31. The van der Waals surface area contributed by atoms with E-state index in [0.717, 1.165) is 29.6 Å². The third kappa shape index (κ3) is 3.88. The van der Waals surface area contributed by atoms with Crippen molar-refractivity contribution >= 4 is 28.9 Å². The number of hydrogen-bond donors (Lipinski definition) is 0. The van der Waals surface area contributed by atoms with Gasteiger partial charge < -0.3 is 9.80 Å². The molecule has 0 radical (unpaired) electrons. The summed E-state index contributed by atoms with van der Waals surface area (Å²) in [4.78, 5) is 30.0. The lowest BCUT2D eigenvalue weighted by molar-refractivity contribution is -0.138. The van der Waals surface area contributed by atoms with Crippen LogP contribution in [0.1, 0.15) is 66.9 Å². The topological polar surface area (TPSA) is 57.9 Å². The largest absolute Gasteiger partial charge is 0.336 e. The molecule has 2 saturated carbocycles. The lowest BCUT2D eigenvalue weighted by atomic mass is 9.93. The molecule has 1 aromatic carbocycles. The Bertz CT molecular complexity index is 1240. The summed E-state index contributed by atoms with van der Waals surface area (Å²) < 4.78 is 1.79. The molecule has 7 heteroatoms. The number of nitrogens with zero attached hydrogens (tertiary/aromatic N) is 4. The Kier molecular flexibility index (Phi) is 5.56. The number of hydrogen-bond acceptors (Lipinski definition) is 3. The number of piperazine rings is 1. The van der Waals surface area contributed by atoms with E-state index >= 15 is 0 Å². The maximum absolute atomic E-state index is 13.5. The molecule has 6 nitrogen and oxygen atoms in total. The number of carbonyl (C=O) groups excluding carboxylic acids is 2. The molecule has 0 bridgehead atoms. The Morgan fingerprint density at radius 3 is 2.44 bits per heavy atom. The second-order valence-electron chi connectivity index (χ2n) is 9.88. The fourth-order valence-electron chi connectivity index (χ4n) is 5.53. The summed E-state index contributed by atoms with van der Waals surface area (Å²) in [5, 5.41) is 5.05. The molecular weight excluding hydrogens is 448 g/mol. The molecule has 6 rings (SSSR count). The number of halogens is 1. The summed E-state index contributed by atoms with van der Waals surface area (Å²) in [5.74, 6) is 0.313. The van der Waals surface area contributed by atoms with Crippen molar-refractivity contribution in [1.82, 2.24) is 19.4 Å². The average molecular weight is 477 g/mol. The molecule has 2 amide bonds. The number of aromatic nitrogens is 2. The van der Waals surface area contributed by atoms with E-state index in [1.165, 1.54) is 37.7 Å². The minimum absolute atomic E-state index is 0.0346. The van der Waals surface area contributed by atoms with Crippen LogP contribution in [0.4, 0.5) is 0 Å². The lowest BCUT2D eigenvalue weighted by Gasteiger charge is -2.40. The van der Waals surface area contributed by atoms with Crippen molar-refractivity contribution in [2.24, 2.45) is 0 Å². The minimum Gasteiger partial charge on any atom is -0.336 e. The van der Waals surface area contributed by atoms with Gasteiger partial charge in [-0.1, -0.05) is 61.2 Å². The summed E-state index contributed by atoms with van der Waals surface area (Å²) in [7, 11) is 0. The van der Waals surface area contributed by atoms with Gasteiger partial charge in [0.15, 0.2) is 5.69 Å². The van der Waals surface area contributed by atoms with Crippen molar-refractivity contribution in [3.05, 3.63) is 58.7 Å². The van der Waals surface area contributed by atoms with Crippen LogP contribution >= 0.6 is 11.6 Å². The number of carbonyl (C=O) groups is 2. The molecule has 1 saturated heterocycles. The summed E-state index contributed by atoms with van der Waals surface area (Å²) in [6, 6.07) is 14.6. The Morgan fingerprint density at radius 1 is 0.971 bits per heavy atom. The molecule has 3 aliphatic rings. The fourth-order valence-corrected chi connectivity index (χ4v) is 5.78. The third-order valence-electron chi connectivity index (χ3n) is 7.58. The molecule has 0 unspecified atom stereocenters. The van der Waals surface area contributed by atoms with Crippen molar-refractivity contribution < 1.29 is 9.59 Å². The van der Waals surface area contributed by atoms with Crippen LogP contribution in [0.15, 0.2) is 42.5 Å². The number of pyridine rings is 1. The van der Waals surface area contributed by atoms with Crippen LogP contribution < -0.4 is 0 Å². The summed E-state index contributed by atoms with van der Waals surface area (Å²) in [6.45, 7) is 1.20. The van der Waals surface area contributed by atoms with E-state index in [2.05, 4.69) is 17.2 Å². The third-order valence-corrected chi connectivity index (χ3v) is 7.95. The van der Waals surface area contributed by atoms with Gasteiger partial charge >= 0.3 is 0 Å². The smallest absolute Gasteiger partial charge is 0.276 e. The van der Waals surface area contributed by atoms with Crippen LogP contribution in [0, 0.1) is 0 Å². The van der Waals surface area contributed by atoms with Crippen LogP contribution in [-0.4, -0.2) is 56.9 Å². The highest BCUT2D eigenvalue weighted by Crippen LogP contribution is 2.43. The highest BCUT2D eigenvalue weighted by molar-refractivity contribution is 6.37. The highest BCUT2D eigenvalue weighted by Gasteiger charge is 2.35. The maximum Gasteiger partial charge on any atom is 0.276 e. The SMILES string of the molecule is O=C(c1nn2c(-c3ccccc3)cc(C3CC3)cc2c1Cl)N1CCN(C2CCCCC2)C(=O)C1. The Morgan fingerprint density at radius 2 is 1.74 bits per heavy atom. The number of amides is 2. The molecule has 1 aliphatic heterocycles. The van der Waals surface area contributed by atoms with E-state index in [9.17, 15) is 9.59 Å². The molecule has 0 atom stereocenters. The predicted molar refractivity (Wildman–Crippen MR) is 132 cm³/mol. The molecule has 3 aromatic rings. The van der Waals surface area contributed by atoms with Gasteiger partial charge in [0.05, 0.1) is 16.2 Å². The molecule has 0 spiro atoms. The summed E-state index contributed by atoms with van der Waals surface area (Å²) in [6.07, 6.45) is 8.11. The van der Waals surface area contributed by atoms with Crippen molar-refractivity contribution in [2.75, 3.05) is 19.6 Å². The molecular formula is C27H29ClN4O2. The Hall–Kier alpha value is -2.86. The van der Waals surface area contributed by atoms with Gasteiger partial charge in [-0.25, -0.2) is 4.52 Å². The van der Waals surface area contributed by atoms with Crippen molar-refractivity contribution in [3.63, 3.8) is 0 Å². The first-order valence-corrected chi connectivity index (χ1v) is 12.8. The van der Waals surface area contributed by atoms with Crippen LogP contribution in [0.3, 0.4) is 0 Å². The van der Waals surface area contributed by atoms with E-state index in [1.807, 2.05) is 35.2 Å². The summed E-state index contributed by atoms with van der Waals surface area (Å²) in [5.41, 5.74) is 4.18. The first kappa shape index (κ1) is 21.7. The van der Waals surface area contributed by atoms with Gasteiger partial charge in [-0.05, 0) is 49.3 Å². The minimum atomic E-state index is -0.266. The number of fused-ring (bicyclic) bond motifs is 1. The van der Waals surface area contributed by atoms with E-state index < -0.39 is 0 Å². The van der Waals surface area contributed by atoms with Crippen LogP contribution in [0.5, 0.6) is 0 Å². The molecule has 2 aromatic heterocycles. The first-order chi connectivity index (χ1) is 16.6. The zero-order chi connectivity index (χ0) is 23.2. The van der Waals surface area contributed by atoms with Crippen LogP contribution in [0.2, 0.25) is 5.02 Å². The zero-order valence-electron chi connectivity index (χ0n) is 19.3. The first-order valence-electron chi connectivity index (χ1n) is 12.5. The fraction of sp³-hybridized carbons (Fsp3) is 0.444. The zero-order valence-corrected chi connectivity index (χ0v) is 20.0. The number of benzene rings is 1. The molecule has 0 N–H and O–H groups in total. The van der Waals surface area contributed by atoms with E-state index in [0.29, 0.717) is 30.1 Å². The maximum atomic E-state index is 13.5.